The first-order chi connectivity index (χ1) is 14.9. The number of allylic oxidation sites excluding steroid dienone is 1. The second-order valence-electron chi connectivity index (χ2n) is 9.05. The van der Waals surface area contributed by atoms with Crippen LogP contribution in [0, 0.1) is 17.7 Å². The summed E-state index contributed by atoms with van der Waals surface area (Å²) >= 11 is 0. The highest BCUT2D eigenvalue weighted by Gasteiger charge is 2.54. The number of halogens is 5. The average Bonchev–Trinajstić information content (AvgIpc) is 3.04. The number of benzene rings is 1. The summed E-state index contributed by atoms with van der Waals surface area (Å²) < 4.78 is 73.1. The van der Waals surface area contributed by atoms with Crippen LogP contribution in [0.3, 0.4) is 0 Å². The number of carbonyl (C=O) groups is 2. The van der Waals surface area contributed by atoms with Crippen molar-refractivity contribution in [2.45, 2.75) is 43.1 Å². The van der Waals surface area contributed by atoms with Crippen LogP contribution in [-0.2, 0) is 21.4 Å². The van der Waals surface area contributed by atoms with Gasteiger partial charge in [-0.15, -0.1) is 6.58 Å². The lowest BCUT2D eigenvalue weighted by molar-refractivity contribution is -0.148. The summed E-state index contributed by atoms with van der Waals surface area (Å²) in [6.07, 6.45) is -3.30. The number of hydrogen-bond acceptors (Lipinski definition) is 3. The third-order valence-corrected chi connectivity index (χ3v) is 6.61. The van der Waals surface area contributed by atoms with Gasteiger partial charge in [-0.25, -0.2) is 13.6 Å². The van der Waals surface area contributed by atoms with Gasteiger partial charge in [-0.1, -0.05) is 12.1 Å². The molecular formula is C22H23F5N2O3. The molecule has 1 N–H and O–H groups in total. The molecule has 1 spiro atoms. The standard InChI is InChI=1S/C22H23F5N2O3/c1-2-5-21(24,15-3-4-16(17(23)6-15)22(25,26)27)7-13-10-29(11-13)18(30)14-8-20(9-14)12-32-19(31)28-20/h2-4,6,13-14H,1,5,7-12H2,(H,28,31). The highest BCUT2D eigenvalue weighted by atomic mass is 19.4. The number of nitrogens with zero attached hydrogens (tertiary/aromatic N) is 1. The summed E-state index contributed by atoms with van der Waals surface area (Å²) in [5, 5.41) is 2.72. The summed E-state index contributed by atoms with van der Waals surface area (Å²) in [5.74, 6) is -2.03. The first kappa shape index (κ1) is 22.5. The van der Waals surface area contributed by atoms with Gasteiger partial charge < -0.3 is 15.0 Å². The molecule has 2 saturated heterocycles. The Hall–Kier alpha value is -2.65. The topological polar surface area (TPSA) is 58.6 Å². The molecule has 0 bridgehead atoms. The molecule has 2 amide bonds. The van der Waals surface area contributed by atoms with Crippen molar-refractivity contribution >= 4 is 12.0 Å². The van der Waals surface area contributed by atoms with Gasteiger partial charge in [0.25, 0.3) is 0 Å². The number of alkyl halides is 4. The van der Waals surface area contributed by atoms with Crippen molar-refractivity contribution < 1.29 is 36.3 Å². The van der Waals surface area contributed by atoms with Gasteiger partial charge in [0.1, 0.15) is 18.1 Å². The Bertz CT molecular complexity index is 938. The van der Waals surface area contributed by atoms with Gasteiger partial charge in [0, 0.05) is 25.4 Å². The SMILES string of the molecule is C=CCC(F)(CC1CN(C(=O)C2CC3(COC(=O)N3)C2)C1)c1ccc(C(F)(F)F)c(F)c1. The minimum atomic E-state index is -4.86. The fourth-order valence-corrected chi connectivity index (χ4v) is 4.94. The summed E-state index contributed by atoms with van der Waals surface area (Å²) in [6.45, 7) is 4.39. The Labute approximate surface area is 181 Å². The molecule has 3 aliphatic rings. The molecule has 2 heterocycles. The maximum Gasteiger partial charge on any atom is 0.419 e. The van der Waals surface area contributed by atoms with E-state index in [1.807, 2.05) is 0 Å². The van der Waals surface area contributed by atoms with Crippen molar-refractivity contribution in [2.75, 3.05) is 19.7 Å². The number of carbonyl (C=O) groups excluding carboxylic acids is 2. The molecule has 1 atom stereocenters. The lowest BCUT2D eigenvalue weighted by atomic mass is 9.68. The largest absolute Gasteiger partial charge is 0.447 e. The molecule has 4 rings (SSSR count). The quantitative estimate of drug-likeness (QED) is 0.510. The normalized spacial score (nSPS) is 27.2. The first-order valence-corrected chi connectivity index (χ1v) is 10.4. The Kier molecular flexibility index (Phi) is 5.45. The maximum atomic E-state index is 15.7. The summed E-state index contributed by atoms with van der Waals surface area (Å²) in [5.41, 5.74) is -4.17. The van der Waals surface area contributed by atoms with Crippen LogP contribution in [0.2, 0.25) is 0 Å². The second kappa shape index (κ2) is 7.74. The molecule has 2 aliphatic heterocycles. The van der Waals surface area contributed by atoms with E-state index in [2.05, 4.69) is 11.9 Å². The van der Waals surface area contributed by atoms with E-state index in [4.69, 9.17) is 4.74 Å². The van der Waals surface area contributed by atoms with E-state index < -0.39 is 34.9 Å². The zero-order chi connectivity index (χ0) is 23.3. The van der Waals surface area contributed by atoms with E-state index >= 15 is 4.39 Å². The van der Waals surface area contributed by atoms with Crippen LogP contribution >= 0.6 is 0 Å². The highest BCUT2D eigenvalue weighted by molar-refractivity contribution is 5.82. The van der Waals surface area contributed by atoms with E-state index in [-0.39, 0.29) is 42.8 Å². The lowest BCUT2D eigenvalue weighted by Crippen LogP contribution is -2.61. The zero-order valence-corrected chi connectivity index (χ0v) is 17.2. The third kappa shape index (κ3) is 4.06. The van der Waals surface area contributed by atoms with Crippen molar-refractivity contribution in [1.82, 2.24) is 10.2 Å². The molecule has 1 aromatic carbocycles. The smallest absolute Gasteiger partial charge is 0.419 e. The predicted molar refractivity (Wildman–Crippen MR) is 104 cm³/mol. The molecule has 3 fully saturated rings. The summed E-state index contributed by atoms with van der Waals surface area (Å²) in [7, 11) is 0. The van der Waals surface area contributed by atoms with Crippen LogP contribution in [0.15, 0.2) is 30.9 Å². The second-order valence-corrected chi connectivity index (χ2v) is 9.05. The number of hydrogen-bond donors (Lipinski definition) is 1. The van der Waals surface area contributed by atoms with Crippen LogP contribution in [0.1, 0.15) is 36.8 Å². The Morgan fingerprint density at radius 3 is 2.50 bits per heavy atom. The van der Waals surface area contributed by atoms with Gasteiger partial charge in [-0.3, -0.25) is 4.79 Å². The summed E-state index contributed by atoms with van der Waals surface area (Å²) in [4.78, 5) is 25.4. The number of ether oxygens (including phenoxy) is 1. The number of rotatable bonds is 6. The number of likely N-dealkylation sites (tertiary alicyclic amines) is 1. The maximum absolute atomic E-state index is 15.7. The fraction of sp³-hybridized carbons (Fsp3) is 0.545. The van der Waals surface area contributed by atoms with Gasteiger partial charge in [0.2, 0.25) is 5.91 Å². The molecule has 1 saturated carbocycles. The van der Waals surface area contributed by atoms with E-state index in [1.165, 1.54) is 6.08 Å². The van der Waals surface area contributed by atoms with Crippen LogP contribution in [-0.4, -0.2) is 42.1 Å². The predicted octanol–water partition coefficient (Wildman–Crippen LogP) is 4.32. The minimum absolute atomic E-state index is 0.0634. The van der Waals surface area contributed by atoms with Gasteiger partial charge in [0.05, 0.1) is 11.1 Å². The number of nitrogens with one attached hydrogen (secondary N) is 1. The van der Waals surface area contributed by atoms with Gasteiger partial charge >= 0.3 is 12.3 Å². The molecule has 174 valence electrons. The van der Waals surface area contributed by atoms with Gasteiger partial charge in [-0.05, 0) is 42.9 Å². The number of alkyl carbamates (subject to hydrolysis) is 1. The molecular weight excluding hydrogens is 435 g/mol. The molecule has 0 radical (unpaired) electrons. The van der Waals surface area contributed by atoms with Crippen molar-refractivity contribution in [2.24, 2.45) is 11.8 Å². The van der Waals surface area contributed by atoms with Crippen molar-refractivity contribution in [1.29, 1.82) is 0 Å². The van der Waals surface area contributed by atoms with E-state index in [0.717, 1.165) is 6.07 Å². The Morgan fingerprint density at radius 2 is 1.97 bits per heavy atom. The Morgan fingerprint density at radius 1 is 1.28 bits per heavy atom. The number of amides is 2. The Balaban J connectivity index is 1.36. The monoisotopic (exact) mass is 458 g/mol. The van der Waals surface area contributed by atoms with E-state index in [0.29, 0.717) is 38.1 Å². The van der Waals surface area contributed by atoms with Crippen molar-refractivity contribution in [3.05, 3.63) is 47.8 Å². The molecule has 1 aliphatic carbocycles. The van der Waals surface area contributed by atoms with Crippen LogP contribution in [0.5, 0.6) is 0 Å². The van der Waals surface area contributed by atoms with E-state index in [1.54, 1.807) is 4.90 Å². The zero-order valence-electron chi connectivity index (χ0n) is 17.2. The fourth-order valence-electron chi connectivity index (χ4n) is 4.94. The van der Waals surface area contributed by atoms with Crippen molar-refractivity contribution in [3.63, 3.8) is 0 Å². The molecule has 1 unspecified atom stereocenters. The van der Waals surface area contributed by atoms with Gasteiger partial charge in [-0.2, -0.15) is 13.2 Å². The minimum Gasteiger partial charge on any atom is -0.447 e. The van der Waals surface area contributed by atoms with E-state index in [9.17, 15) is 27.2 Å². The highest BCUT2D eigenvalue weighted by Crippen LogP contribution is 2.44. The molecule has 5 nitrogen and oxygen atoms in total. The molecule has 10 heteroatoms. The molecule has 1 aromatic rings. The van der Waals surface area contributed by atoms with Crippen LogP contribution in [0.4, 0.5) is 26.7 Å². The van der Waals surface area contributed by atoms with Gasteiger partial charge in [0.15, 0.2) is 0 Å². The first-order valence-electron chi connectivity index (χ1n) is 10.4. The third-order valence-electron chi connectivity index (χ3n) is 6.61. The number of cyclic esters (lactones) is 1. The van der Waals surface area contributed by atoms with Crippen LogP contribution in [0.25, 0.3) is 0 Å². The lowest BCUT2D eigenvalue weighted by Gasteiger charge is -2.48. The van der Waals surface area contributed by atoms with Crippen LogP contribution < -0.4 is 5.32 Å². The molecule has 32 heavy (non-hydrogen) atoms. The average molecular weight is 458 g/mol. The van der Waals surface area contributed by atoms with Crippen molar-refractivity contribution in [3.8, 4) is 0 Å². The molecule has 0 aromatic heterocycles. The summed E-state index contributed by atoms with van der Waals surface area (Å²) in [6, 6.07) is 2.11.